The van der Waals surface area contributed by atoms with Crippen LogP contribution in [0, 0.1) is 5.82 Å². The standard InChI is InChI=1S/C24H27F4N3O/c1-4-6-7-19-18-10-9-17(25)13-21(18)31(12-5-2)22(19)20-11-8-16(14-29-20)23(32)30-15(3)24(26,27)28/h8-11,13-15H,4-7,12H2,1-3H3,(H,30,32). The molecule has 1 unspecified atom stereocenters. The summed E-state index contributed by atoms with van der Waals surface area (Å²) in [6.07, 6.45) is 0.323. The van der Waals surface area contributed by atoms with E-state index in [0.717, 1.165) is 54.8 Å². The van der Waals surface area contributed by atoms with E-state index in [1.54, 1.807) is 12.1 Å². The van der Waals surface area contributed by atoms with Crippen LogP contribution in [0.5, 0.6) is 0 Å². The minimum Gasteiger partial charge on any atom is -0.340 e. The number of aryl methyl sites for hydroxylation is 2. The first-order chi connectivity index (χ1) is 15.2. The number of nitrogens with zero attached hydrogens (tertiary/aromatic N) is 2. The van der Waals surface area contributed by atoms with Gasteiger partial charge in [0.25, 0.3) is 5.91 Å². The molecule has 4 nitrogen and oxygen atoms in total. The highest BCUT2D eigenvalue weighted by Gasteiger charge is 2.37. The van der Waals surface area contributed by atoms with Crippen LogP contribution in [0.4, 0.5) is 17.6 Å². The van der Waals surface area contributed by atoms with E-state index in [1.807, 2.05) is 16.8 Å². The first kappa shape index (κ1) is 23.8. The molecule has 0 aliphatic rings. The second-order valence-corrected chi connectivity index (χ2v) is 7.91. The smallest absolute Gasteiger partial charge is 0.340 e. The van der Waals surface area contributed by atoms with Gasteiger partial charge in [-0.25, -0.2) is 4.39 Å². The van der Waals surface area contributed by atoms with Crippen LogP contribution in [-0.2, 0) is 13.0 Å². The molecule has 2 heterocycles. The number of pyridine rings is 1. The third kappa shape index (κ3) is 4.95. The number of carbonyl (C=O) groups is 1. The average Bonchev–Trinajstić information content (AvgIpc) is 3.04. The molecule has 1 atom stereocenters. The molecule has 0 aliphatic heterocycles. The fourth-order valence-corrected chi connectivity index (χ4v) is 3.78. The molecule has 0 fully saturated rings. The number of unbranched alkanes of at least 4 members (excludes halogenated alkanes) is 1. The summed E-state index contributed by atoms with van der Waals surface area (Å²) in [6.45, 7) is 5.68. The Kier molecular flexibility index (Phi) is 7.21. The van der Waals surface area contributed by atoms with Crippen LogP contribution in [-0.4, -0.2) is 27.7 Å². The van der Waals surface area contributed by atoms with E-state index >= 15 is 0 Å². The van der Waals surface area contributed by atoms with Gasteiger partial charge in [-0.2, -0.15) is 13.2 Å². The summed E-state index contributed by atoms with van der Waals surface area (Å²) in [6, 6.07) is 5.90. The van der Waals surface area contributed by atoms with Crippen molar-refractivity contribution in [2.45, 2.75) is 65.2 Å². The minimum absolute atomic E-state index is 0.0455. The number of hydrogen-bond acceptors (Lipinski definition) is 2. The van der Waals surface area contributed by atoms with E-state index < -0.39 is 18.1 Å². The molecule has 0 saturated heterocycles. The maximum Gasteiger partial charge on any atom is 0.408 e. The number of halogens is 4. The van der Waals surface area contributed by atoms with Gasteiger partial charge in [-0.3, -0.25) is 9.78 Å². The van der Waals surface area contributed by atoms with E-state index in [1.165, 1.54) is 24.4 Å². The van der Waals surface area contributed by atoms with Gasteiger partial charge in [0.05, 0.1) is 22.5 Å². The average molecular weight is 449 g/mol. The molecule has 8 heteroatoms. The van der Waals surface area contributed by atoms with E-state index in [0.29, 0.717) is 12.2 Å². The summed E-state index contributed by atoms with van der Waals surface area (Å²) in [5.41, 5.74) is 3.35. The number of nitrogens with one attached hydrogen (secondary N) is 1. The first-order valence-electron chi connectivity index (χ1n) is 10.8. The monoisotopic (exact) mass is 449 g/mol. The maximum absolute atomic E-state index is 14.0. The molecule has 1 amide bonds. The molecule has 3 rings (SSSR count). The second kappa shape index (κ2) is 9.71. The fourth-order valence-electron chi connectivity index (χ4n) is 3.78. The first-order valence-corrected chi connectivity index (χ1v) is 10.8. The maximum atomic E-state index is 14.0. The second-order valence-electron chi connectivity index (χ2n) is 7.91. The summed E-state index contributed by atoms with van der Waals surface area (Å²) in [5, 5.41) is 2.91. The number of carbonyl (C=O) groups excluding carboxylic acids is 1. The number of fused-ring (bicyclic) bond motifs is 1. The normalized spacial score (nSPS) is 12.8. The lowest BCUT2D eigenvalue weighted by atomic mass is 10.0. The van der Waals surface area contributed by atoms with Crippen molar-refractivity contribution in [3.05, 3.63) is 53.5 Å². The Balaban J connectivity index is 2.04. The lowest BCUT2D eigenvalue weighted by Crippen LogP contribution is -2.43. The molecule has 0 aliphatic carbocycles. The summed E-state index contributed by atoms with van der Waals surface area (Å²) in [7, 11) is 0. The number of rotatable bonds is 8. The molecule has 0 spiro atoms. The highest BCUT2D eigenvalue weighted by Crippen LogP contribution is 2.35. The molecule has 0 saturated carbocycles. The Morgan fingerprint density at radius 2 is 1.91 bits per heavy atom. The molecule has 0 radical (unpaired) electrons. The quantitative estimate of drug-likeness (QED) is 0.412. The third-order valence-corrected chi connectivity index (χ3v) is 5.47. The van der Waals surface area contributed by atoms with Crippen molar-refractivity contribution in [1.29, 1.82) is 0 Å². The number of benzene rings is 1. The van der Waals surface area contributed by atoms with Crippen molar-refractivity contribution in [2.75, 3.05) is 0 Å². The predicted octanol–water partition coefficient (Wildman–Crippen LogP) is 6.28. The van der Waals surface area contributed by atoms with Crippen molar-refractivity contribution < 1.29 is 22.4 Å². The highest BCUT2D eigenvalue weighted by atomic mass is 19.4. The molecular formula is C24H27F4N3O. The minimum atomic E-state index is -4.52. The molecule has 2 aromatic heterocycles. The zero-order valence-electron chi connectivity index (χ0n) is 18.4. The Morgan fingerprint density at radius 3 is 2.50 bits per heavy atom. The van der Waals surface area contributed by atoms with Gasteiger partial charge in [-0.05, 0) is 62.1 Å². The van der Waals surface area contributed by atoms with Crippen LogP contribution >= 0.6 is 0 Å². The molecule has 172 valence electrons. The van der Waals surface area contributed by atoms with Crippen LogP contribution in [0.3, 0.4) is 0 Å². The molecule has 0 bridgehead atoms. The number of aromatic nitrogens is 2. The van der Waals surface area contributed by atoms with E-state index in [4.69, 9.17) is 0 Å². The van der Waals surface area contributed by atoms with Crippen molar-refractivity contribution in [3.8, 4) is 11.4 Å². The lowest BCUT2D eigenvalue weighted by molar-refractivity contribution is -0.149. The van der Waals surface area contributed by atoms with E-state index in [-0.39, 0.29) is 11.4 Å². The molecule has 3 aromatic rings. The Bertz CT molecular complexity index is 1090. The SMILES string of the molecule is CCCCc1c(-c2ccc(C(=O)NC(C)C(F)(F)F)cn2)n(CCC)c2cc(F)ccc12. The van der Waals surface area contributed by atoms with Gasteiger partial charge in [0.15, 0.2) is 0 Å². The number of alkyl halides is 3. The molecular weight excluding hydrogens is 422 g/mol. The van der Waals surface area contributed by atoms with Crippen molar-refractivity contribution in [3.63, 3.8) is 0 Å². The van der Waals surface area contributed by atoms with Crippen LogP contribution in [0.1, 0.15) is 56.0 Å². The molecule has 32 heavy (non-hydrogen) atoms. The Labute approximate surface area is 184 Å². The largest absolute Gasteiger partial charge is 0.408 e. The summed E-state index contributed by atoms with van der Waals surface area (Å²) in [5.74, 6) is -1.16. The number of hydrogen-bond donors (Lipinski definition) is 1. The van der Waals surface area contributed by atoms with Gasteiger partial charge < -0.3 is 9.88 Å². The van der Waals surface area contributed by atoms with Gasteiger partial charge in [-0.1, -0.05) is 20.3 Å². The van der Waals surface area contributed by atoms with Crippen LogP contribution in [0.2, 0.25) is 0 Å². The van der Waals surface area contributed by atoms with E-state index in [2.05, 4.69) is 11.9 Å². The Morgan fingerprint density at radius 1 is 1.16 bits per heavy atom. The zero-order chi connectivity index (χ0) is 23.5. The van der Waals surface area contributed by atoms with Gasteiger partial charge in [-0.15, -0.1) is 0 Å². The van der Waals surface area contributed by atoms with Crippen LogP contribution in [0.25, 0.3) is 22.3 Å². The Hall–Kier alpha value is -2.90. The molecule has 1 aromatic carbocycles. The fraction of sp³-hybridized carbons (Fsp3) is 0.417. The van der Waals surface area contributed by atoms with Crippen LogP contribution < -0.4 is 5.32 Å². The lowest BCUT2D eigenvalue weighted by Gasteiger charge is -2.17. The molecule has 1 N–H and O–H groups in total. The van der Waals surface area contributed by atoms with Crippen molar-refractivity contribution in [2.24, 2.45) is 0 Å². The van der Waals surface area contributed by atoms with Crippen molar-refractivity contribution in [1.82, 2.24) is 14.9 Å². The van der Waals surface area contributed by atoms with Crippen LogP contribution in [0.15, 0.2) is 36.5 Å². The van der Waals surface area contributed by atoms with Gasteiger partial charge >= 0.3 is 6.18 Å². The predicted molar refractivity (Wildman–Crippen MR) is 117 cm³/mol. The third-order valence-electron chi connectivity index (χ3n) is 5.47. The van der Waals surface area contributed by atoms with Crippen molar-refractivity contribution >= 4 is 16.8 Å². The van der Waals surface area contributed by atoms with Gasteiger partial charge in [0.2, 0.25) is 0 Å². The number of amides is 1. The van der Waals surface area contributed by atoms with E-state index in [9.17, 15) is 22.4 Å². The summed E-state index contributed by atoms with van der Waals surface area (Å²) < 4.78 is 54.3. The summed E-state index contributed by atoms with van der Waals surface area (Å²) >= 11 is 0. The van der Waals surface area contributed by atoms with Gasteiger partial charge in [0.1, 0.15) is 11.9 Å². The topological polar surface area (TPSA) is 46.9 Å². The summed E-state index contributed by atoms with van der Waals surface area (Å²) in [4.78, 5) is 16.6. The zero-order valence-corrected chi connectivity index (χ0v) is 18.4. The van der Waals surface area contributed by atoms with Gasteiger partial charge in [0, 0.05) is 18.1 Å². The highest BCUT2D eigenvalue weighted by molar-refractivity contribution is 5.95.